The van der Waals surface area contributed by atoms with Crippen LogP contribution >= 0.6 is 0 Å². The number of hydrogen-bond donors (Lipinski definition) is 2. The smallest absolute Gasteiger partial charge is 0.215 e. The average Bonchev–Trinajstić information content (AvgIpc) is 2.19. The van der Waals surface area contributed by atoms with Crippen molar-refractivity contribution in [3.8, 4) is 5.88 Å². The molecule has 1 aromatic heterocycles. The monoisotopic (exact) mass is 209 g/mol. The number of anilines is 1. The van der Waals surface area contributed by atoms with Gasteiger partial charge in [0, 0.05) is 12.1 Å². The molecule has 4 nitrogen and oxygen atoms in total. The highest BCUT2D eigenvalue weighted by molar-refractivity contribution is 5.37. The van der Waals surface area contributed by atoms with E-state index in [2.05, 4.69) is 17.2 Å². The van der Waals surface area contributed by atoms with E-state index in [-0.39, 0.29) is 0 Å². The van der Waals surface area contributed by atoms with Gasteiger partial charge in [0.1, 0.15) is 5.82 Å². The van der Waals surface area contributed by atoms with Gasteiger partial charge in [-0.25, -0.2) is 0 Å². The van der Waals surface area contributed by atoms with Gasteiger partial charge in [-0.2, -0.15) is 4.98 Å². The summed E-state index contributed by atoms with van der Waals surface area (Å²) < 4.78 is 5.31. The van der Waals surface area contributed by atoms with Gasteiger partial charge in [-0.1, -0.05) is 6.07 Å². The summed E-state index contributed by atoms with van der Waals surface area (Å²) >= 11 is 0. The van der Waals surface area contributed by atoms with Crippen molar-refractivity contribution in [1.82, 2.24) is 4.98 Å². The molecule has 1 rings (SSSR count). The zero-order chi connectivity index (χ0) is 11.1. The molecule has 0 fully saturated rings. The zero-order valence-electron chi connectivity index (χ0n) is 9.36. The van der Waals surface area contributed by atoms with Crippen LogP contribution in [0.15, 0.2) is 18.2 Å². The van der Waals surface area contributed by atoms with Crippen LogP contribution in [0.3, 0.4) is 0 Å². The minimum absolute atomic E-state index is 0.333. The van der Waals surface area contributed by atoms with Crippen LogP contribution in [-0.2, 0) is 0 Å². The van der Waals surface area contributed by atoms with Gasteiger partial charge < -0.3 is 15.8 Å². The number of ether oxygens (including phenoxy) is 1. The first-order valence-electron chi connectivity index (χ1n) is 5.32. The molecule has 0 aliphatic heterocycles. The lowest BCUT2D eigenvalue weighted by Gasteiger charge is -2.13. The van der Waals surface area contributed by atoms with E-state index >= 15 is 0 Å². The maximum atomic E-state index is 5.48. The number of nitrogens with zero attached hydrogens (tertiary/aromatic N) is 1. The fourth-order valence-corrected chi connectivity index (χ4v) is 1.30. The molecule has 1 aromatic rings. The molecule has 1 atom stereocenters. The Balaban J connectivity index is 2.56. The van der Waals surface area contributed by atoms with Gasteiger partial charge in [0.25, 0.3) is 0 Å². The minimum atomic E-state index is 0.333. The molecule has 0 saturated carbocycles. The van der Waals surface area contributed by atoms with Gasteiger partial charge >= 0.3 is 0 Å². The number of pyridine rings is 1. The summed E-state index contributed by atoms with van der Waals surface area (Å²) in [5.74, 6) is 1.49. The summed E-state index contributed by atoms with van der Waals surface area (Å²) in [7, 11) is 0. The molecule has 84 valence electrons. The Hall–Kier alpha value is -1.29. The van der Waals surface area contributed by atoms with E-state index in [9.17, 15) is 0 Å². The van der Waals surface area contributed by atoms with Crippen molar-refractivity contribution in [1.29, 1.82) is 0 Å². The van der Waals surface area contributed by atoms with Crippen molar-refractivity contribution in [3.63, 3.8) is 0 Å². The Morgan fingerprint density at radius 3 is 3.00 bits per heavy atom. The average molecular weight is 209 g/mol. The maximum Gasteiger partial charge on any atom is 0.215 e. The van der Waals surface area contributed by atoms with Gasteiger partial charge in [-0.05, 0) is 32.9 Å². The number of hydrogen-bond acceptors (Lipinski definition) is 4. The quantitative estimate of drug-likeness (QED) is 0.747. The molecule has 1 unspecified atom stereocenters. The normalized spacial score (nSPS) is 12.2. The van der Waals surface area contributed by atoms with E-state index in [1.165, 1.54) is 0 Å². The Morgan fingerprint density at radius 1 is 1.53 bits per heavy atom. The standard InChI is InChI=1S/C11H19N3O/c1-3-15-11-6-4-5-10(14-11)13-9(2)7-8-12/h4-6,9H,3,7-8,12H2,1-2H3,(H,13,14). The maximum absolute atomic E-state index is 5.48. The van der Waals surface area contributed by atoms with Crippen LogP contribution in [0.25, 0.3) is 0 Å². The van der Waals surface area contributed by atoms with Crippen LogP contribution in [0.4, 0.5) is 5.82 Å². The molecule has 0 spiro atoms. The summed E-state index contributed by atoms with van der Waals surface area (Å²) in [6.45, 7) is 5.34. The van der Waals surface area contributed by atoms with Crippen molar-refractivity contribution < 1.29 is 4.74 Å². The van der Waals surface area contributed by atoms with E-state index in [1.807, 2.05) is 25.1 Å². The van der Waals surface area contributed by atoms with Crippen molar-refractivity contribution in [3.05, 3.63) is 18.2 Å². The summed E-state index contributed by atoms with van der Waals surface area (Å²) in [6.07, 6.45) is 0.931. The van der Waals surface area contributed by atoms with Gasteiger partial charge in [0.05, 0.1) is 6.61 Å². The van der Waals surface area contributed by atoms with E-state index in [1.54, 1.807) is 0 Å². The minimum Gasteiger partial charge on any atom is -0.478 e. The lowest BCUT2D eigenvalue weighted by molar-refractivity contribution is 0.327. The third kappa shape index (κ3) is 4.16. The molecular weight excluding hydrogens is 190 g/mol. The van der Waals surface area contributed by atoms with Crippen molar-refractivity contribution in [2.45, 2.75) is 26.3 Å². The van der Waals surface area contributed by atoms with Gasteiger partial charge in [-0.15, -0.1) is 0 Å². The molecule has 0 aliphatic rings. The Morgan fingerprint density at radius 2 is 2.33 bits per heavy atom. The van der Waals surface area contributed by atoms with Crippen LogP contribution < -0.4 is 15.8 Å². The summed E-state index contributed by atoms with van der Waals surface area (Å²) in [6, 6.07) is 6.03. The second kappa shape index (κ2) is 6.24. The number of aromatic nitrogens is 1. The molecule has 1 heterocycles. The molecule has 15 heavy (non-hydrogen) atoms. The first-order chi connectivity index (χ1) is 7.26. The van der Waals surface area contributed by atoms with E-state index in [0.717, 1.165) is 12.2 Å². The number of rotatable bonds is 6. The van der Waals surface area contributed by atoms with E-state index in [0.29, 0.717) is 25.1 Å². The molecule has 0 bridgehead atoms. The van der Waals surface area contributed by atoms with Crippen LogP contribution in [0.1, 0.15) is 20.3 Å². The predicted octanol–water partition coefficient (Wildman–Crippen LogP) is 1.63. The lowest BCUT2D eigenvalue weighted by atomic mass is 10.2. The molecule has 0 saturated heterocycles. The molecule has 4 heteroatoms. The summed E-state index contributed by atoms with van der Waals surface area (Å²) in [5.41, 5.74) is 5.48. The van der Waals surface area contributed by atoms with Crippen LogP contribution in [0.2, 0.25) is 0 Å². The Bertz CT molecular complexity index is 291. The number of nitrogens with one attached hydrogen (secondary N) is 1. The molecule has 0 radical (unpaired) electrons. The highest BCUT2D eigenvalue weighted by Gasteiger charge is 2.02. The highest BCUT2D eigenvalue weighted by atomic mass is 16.5. The van der Waals surface area contributed by atoms with Crippen molar-refractivity contribution >= 4 is 5.82 Å². The van der Waals surface area contributed by atoms with Crippen LogP contribution in [0.5, 0.6) is 5.88 Å². The summed E-state index contributed by atoms with van der Waals surface area (Å²) in [5, 5.41) is 3.27. The lowest BCUT2D eigenvalue weighted by Crippen LogP contribution is -2.20. The van der Waals surface area contributed by atoms with Crippen molar-refractivity contribution in [2.24, 2.45) is 5.73 Å². The number of nitrogens with two attached hydrogens (primary N) is 1. The first-order valence-corrected chi connectivity index (χ1v) is 5.32. The molecular formula is C11H19N3O. The second-order valence-electron chi connectivity index (χ2n) is 3.42. The second-order valence-corrected chi connectivity index (χ2v) is 3.42. The Labute approximate surface area is 90.8 Å². The van der Waals surface area contributed by atoms with Gasteiger partial charge in [0.2, 0.25) is 5.88 Å². The van der Waals surface area contributed by atoms with Crippen molar-refractivity contribution in [2.75, 3.05) is 18.5 Å². The van der Waals surface area contributed by atoms with Crippen LogP contribution in [0, 0.1) is 0 Å². The Kier molecular flexibility index (Phi) is 4.90. The van der Waals surface area contributed by atoms with Gasteiger partial charge in [-0.3, -0.25) is 0 Å². The molecule has 3 N–H and O–H groups in total. The van der Waals surface area contributed by atoms with E-state index in [4.69, 9.17) is 10.5 Å². The largest absolute Gasteiger partial charge is 0.478 e. The fraction of sp³-hybridized carbons (Fsp3) is 0.545. The third-order valence-corrected chi connectivity index (χ3v) is 2.01. The molecule has 0 aromatic carbocycles. The van der Waals surface area contributed by atoms with Gasteiger partial charge in [0.15, 0.2) is 0 Å². The zero-order valence-corrected chi connectivity index (χ0v) is 9.36. The fourth-order valence-electron chi connectivity index (χ4n) is 1.30. The van der Waals surface area contributed by atoms with Crippen LogP contribution in [-0.4, -0.2) is 24.2 Å². The van der Waals surface area contributed by atoms with E-state index < -0.39 is 0 Å². The topological polar surface area (TPSA) is 60.2 Å². The highest BCUT2D eigenvalue weighted by Crippen LogP contribution is 2.12. The first kappa shape index (κ1) is 11.8. The third-order valence-electron chi connectivity index (χ3n) is 2.01. The molecule has 0 aliphatic carbocycles. The predicted molar refractivity (Wildman–Crippen MR) is 62.2 cm³/mol. The molecule has 0 amide bonds. The summed E-state index contributed by atoms with van der Waals surface area (Å²) in [4.78, 5) is 4.31. The SMILES string of the molecule is CCOc1cccc(NC(C)CCN)n1.